The van der Waals surface area contributed by atoms with E-state index in [9.17, 15) is 0 Å². The summed E-state index contributed by atoms with van der Waals surface area (Å²) < 4.78 is 0. The van der Waals surface area contributed by atoms with Crippen molar-refractivity contribution in [3.63, 3.8) is 0 Å². The van der Waals surface area contributed by atoms with Gasteiger partial charge in [-0.05, 0) is 23.4 Å². The lowest BCUT2D eigenvalue weighted by Gasteiger charge is -2.26. The molecule has 2 N–H and O–H groups in total. The summed E-state index contributed by atoms with van der Waals surface area (Å²) in [6.45, 7) is 10.4. The van der Waals surface area contributed by atoms with E-state index in [1.165, 1.54) is 0 Å². The average molecular weight is 258 g/mol. The van der Waals surface area contributed by atoms with Crippen LogP contribution in [0.3, 0.4) is 0 Å². The zero-order valence-corrected chi connectivity index (χ0v) is 11.6. The third kappa shape index (κ3) is 4.73. The fraction of sp³-hybridized carbons (Fsp3) is 0.727. The van der Waals surface area contributed by atoms with Crippen LogP contribution >= 0.6 is 11.6 Å². The molecular formula is C11H20ClN5. The van der Waals surface area contributed by atoms with Crippen molar-refractivity contribution in [1.82, 2.24) is 15.0 Å². The molecule has 0 saturated heterocycles. The molecule has 0 fully saturated rings. The summed E-state index contributed by atoms with van der Waals surface area (Å²) >= 11 is 5.80. The monoisotopic (exact) mass is 257 g/mol. The summed E-state index contributed by atoms with van der Waals surface area (Å²) in [5, 5.41) is 0.144. The lowest BCUT2D eigenvalue weighted by atomic mass is 10.1. The summed E-state index contributed by atoms with van der Waals surface area (Å²) in [7, 11) is 0. The van der Waals surface area contributed by atoms with Crippen molar-refractivity contribution < 1.29 is 0 Å². The molecule has 0 bridgehead atoms. The van der Waals surface area contributed by atoms with Gasteiger partial charge in [-0.2, -0.15) is 15.0 Å². The molecular weight excluding hydrogens is 238 g/mol. The topological polar surface area (TPSA) is 67.9 Å². The molecule has 0 spiro atoms. The van der Waals surface area contributed by atoms with Gasteiger partial charge in [0.15, 0.2) is 0 Å². The van der Waals surface area contributed by atoms with Gasteiger partial charge in [-0.15, -0.1) is 0 Å². The number of anilines is 2. The van der Waals surface area contributed by atoms with Gasteiger partial charge in [-0.3, -0.25) is 0 Å². The predicted molar refractivity (Wildman–Crippen MR) is 71.1 cm³/mol. The SMILES string of the molecule is CC(C)CN(CC(C)C)c1nc(N)nc(Cl)n1. The van der Waals surface area contributed by atoms with Crippen molar-refractivity contribution in [2.24, 2.45) is 11.8 Å². The number of nitrogens with zero attached hydrogens (tertiary/aromatic N) is 4. The second kappa shape index (κ2) is 6.00. The van der Waals surface area contributed by atoms with E-state index in [2.05, 4.69) is 47.5 Å². The van der Waals surface area contributed by atoms with Crippen LogP contribution in [0.1, 0.15) is 27.7 Å². The van der Waals surface area contributed by atoms with Crippen molar-refractivity contribution in [3.05, 3.63) is 5.28 Å². The molecule has 0 unspecified atom stereocenters. The van der Waals surface area contributed by atoms with Gasteiger partial charge in [0, 0.05) is 13.1 Å². The van der Waals surface area contributed by atoms with Crippen LogP contribution in [0.25, 0.3) is 0 Å². The molecule has 1 heterocycles. The molecule has 0 atom stereocenters. The lowest BCUT2D eigenvalue weighted by molar-refractivity contribution is 0.543. The summed E-state index contributed by atoms with van der Waals surface area (Å²) in [6.07, 6.45) is 0. The fourth-order valence-corrected chi connectivity index (χ4v) is 1.78. The van der Waals surface area contributed by atoms with Crippen LogP contribution in [-0.2, 0) is 0 Å². The van der Waals surface area contributed by atoms with E-state index < -0.39 is 0 Å². The largest absolute Gasteiger partial charge is 0.368 e. The Labute approximate surface area is 107 Å². The maximum Gasteiger partial charge on any atom is 0.231 e. The van der Waals surface area contributed by atoms with Gasteiger partial charge in [0.2, 0.25) is 17.2 Å². The summed E-state index contributed by atoms with van der Waals surface area (Å²) in [6, 6.07) is 0. The van der Waals surface area contributed by atoms with Gasteiger partial charge in [-0.1, -0.05) is 27.7 Å². The van der Waals surface area contributed by atoms with E-state index in [1.807, 2.05) is 0 Å². The highest BCUT2D eigenvalue weighted by molar-refractivity contribution is 6.28. The maximum absolute atomic E-state index is 5.80. The van der Waals surface area contributed by atoms with Crippen molar-refractivity contribution in [2.45, 2.75) is 27.7 Å². The van der Waals surface area contributed by atoms with E-state index in [-0.39, 0.29) is 11.2 Å². The van der Waals surface area contributed by atoms with Crippen molar-refractivity contribution >= 4 is 23.5 Å². The molecule has 1 aromatic rings. The van der Waals surface area contributed by atoms with Crippen LogP contribution in [0.5, 0.6) is 0 Å². The Morgan fingerprint density at radius 2 is 1.59 bits per heavy atom. The quantitative estimate of drug-likeness (QED) is 0.876. The molecule has 1 aromatic heterocycles. The number of halogens is 1. The third-order valence-electron chi connectivity index (χ3n) is 2.07. The predicted octanol–water partition coefficient (Wildman–Crippen LogP) is 2.23. The van der Waals surface area contributed by atoms with E-state index in [4.69, 9.17) is 17.3 Å². The highest BCUT2D eigenvalue weighted by Crippen LogP contribution is 2.15. The Balaban J connectivity index is 2.94. The summed E-state index contributed by atoms with van der Waals surface area (Å²) in [5.74, 6) is 1.76. The Hall–Kier alpha value is -1.10. The zero-order valence-electron chi connectivity index (χ0n) is 10.8. The molecule has 0 aliphatic rings. The van der Waals surface area contributed by atoms with Gasteiger partial charge in [0.25, 0.3) is 0 Å². The molecule has 0 radical (unpaired) electrons. The first-order valence-electron chi connectivity index (χ1n) is 5.80. The smallest absolute Gasteiger partial charge is 0.231 e. The summed E-state index contributed by atoms with van der Waals surface area (Å²) in [4.78, 5) is 14.1. The zero-order chi connectivity index (χ0) is 13.0. The van der Waals surface area contributed by atoms with Crippen LogP contribution in [-0.4, -0.2) is 28.0 Å². The Kier molecular flexibility index (Phi) is 4.93. The molecule has 96 valence electrons. The second-order valence-corrected chi connectivity index (χ2v) is 5.29. The van der Waals surface area contributed by atoms with Gasteiger partial charge in [-0.25, -0.2) is 0 Å². The number of rotatable bonds is 5. The highest BCUT2D eigenvalue weighted by Gasteiger charge is 2.14. The molecule has 1 rings (SSSR count). The minimum atomic E-state index is 0.144. The first-order chi connectivity index (χ1) is 7.88. The number of nitrogen functional groups attached to an aromatic ring is 1. The van der Waals surface area contributed by atoms with Crippen LogP contribution in [0.15, 0.2) is 0 Å². The molecule has 0 saturated carbocycles. The third-order valence-corrected chi connectivity index (χ3v) is 2.24. The van der Waals surface area contributed by atoms with Gasteiger partial charge < -0.3 is 10.6 Å². The van der Waals surface area contributed by atoms with E-state index in [0.717, 1.165) is 13.1 Å². The molecule has 17 heavy (non-hydrogen) atoms. The van der Waals surface area contributed by atoms with E-state index in [1.54, 1.807) is 0 Å². The number of hydrogen-bond donors (Lipinski definition) is 1. The Morgan fingerprint density at radius 1 is 1.06 bits per heavy atom. The van der Waals surface area contributed by atoms with Crippen molar-refractivity contribution in [3.8, 4) is 0 Å². The summed E-state index contributed by atoms with van der Waals surface area (Å²) in [5.41, 5.74) is 5.59. The Morgan fingerprint density at radius 3 is 2.00 bits per heavy atom. The second-order valence-electron chi connectivity index (χ2n) is 4.96. The minimum absolute atomic E-state index is 0.144. The van der Waals surface area contributed by atoms with Gasteiger partial charge >= 0.3 is 0 Å². The number of aromatic nitrogens is 3. The van der Waals surface area contributed by atoms with Crippen molar-refractivity contribution in [1.29, 1.82) is 0 Å². The number of nitrogens with two attached hydrogens (primary N) is 1. The fourth-order valence-electron chi connectivity index (χ4n) is 1.62. The van der Waals surface area contributed by atoms with Crippen LogP contribution in [0, 0.1) is 11.8 Å². The molecule has 0 amide bonds. The van der Waals surface area contributed by atoms with Crippen LogP contribution in [0.2, 0.25) is 5.28 Å². The van der Waals surface area contributed by atoms with Crippen molar-refractivity contribution in [2.75, 3.05) is 23.7 Å². The van der Waals surface area contributed by atoms with Crippen LogP contribution in [0.4, 0.5) is 11.9 Å². The van der Waals surface area contributed by atoms with Gasteiger partial charge in [0.05, 0.1) is 0 Å². The molecule has 0 aromatic carbocycles. The lowest BCUT2D eigenvalue weighted by Crippen LogP contribution is -2.33. The maximum atomic E-state index is 5.80. The normalized spacial score (nSPS) is 11.2. The average Bonchev–Trinajstić information content (AvgIpc) is 2.13. The first-order valence-corrected chi connectivity index (χ1v) is 6.18. The minimum Gasteiger partial charge on any atom is -0.368 e. The Bertz CT molecular complexity index is 337. The molecule has 0 aliphatic heterocycles. The highest BCUT2D eigenvalue weighted by atomic mass is 35.5. The number of hydrogen-bond acceptors (Lipinski definition) is 5. The van der Waals surface area contributed by atoms with E-state index in [0.29, 0.717) is 17.8 Å². The van der Waals surface area contributed by atoms with Gasteiger partial charge in [0.1, 0.15) is 0 Å². The van der Waals surface area contributed by atoms with E-state index >= 15 is 0 Å². The molecule has 0 aliphatic carbocycles. The van der Waals surface area contributed by atoms with Crippen LogP contribution < -0.4 is 10.6 Å². The molecule has 6 heteroatoms. The molecule has 5 nitrogen and oxygen atoms in total. The first kappa shape index (κ1) is 14.0. The standard InChI is InChI=1S/C11H20ClN5/c1-7(2)5-17(6-8(3)4)11-15-9(12)14-10(13)16-11/h7-8H,5-6H2,1-4H3,(H2,13,14,15,16).